The van der Waals surface area contributed by atoms with E-state index in [0.717, 1.165) is 38.1 Å². The van der Waals surface area contributed by atoms with Crippen molar-refractivity contribution in [3.05, 3.63) is 23.7 Å². The monoisotopic (exact) mass is 264 g/mol. The molecular weight excluding hydrogens is 240 g/mol. The van der Waals surface area contributed by atoms with Gasteiger partial charge in [-0.25, -0.2) is 0 Å². The Kier molecular flexibility index (Phi) is 5.02. The van der Waals surface area contributed by atoms with Crippen molar-refractivity contribution < 1.29 is 9.21 Å². The van der Waals surface area contributed by atoms with Gasteiger partial charge in [0, 0.05) is 37.5 Å². The Balaban J connectivity index is 1.71. The quantitative estimate of drug-likeness (QED) is 0.829. The number of nitrogens with one attached hydrogen (secondary N) is 2. The summed E-state index contributed by atoms with van der Waals surface area (Å²) < 4.78 is 5.46. The largest absolute Gasteiger partial charge is 0.469 e. The number of carbonyl (C=O) groups excluding carboxylic acids is 1. The van der Waals surface area contributed by atoms with E-state index in [-0.39, 0.29) is 5.91 Å². The average molecular weight is 264 g/mol. The first-order valence-corrected chi connectivity index (χ1v) is 7.23. The lowest BCUT2D eigenvalue weighted by molar-refractivity contribution is -0.121. The molecule has 1 aliphatic carbocycles. The smallest absolute Gasteiger partial charge is 0.221 e. The zero-order valence-corrected chi connectivity index (χ0v) is 11.9. The van der Waals surface area contributed by atoms with Crippen molar-refractivity contribution >= 4 is 5.91 Å². The molecule has 1 atom stereocenters. The molecule has 1 aromatic rings. The minimum Gasteiger partial charge on any atom is -0.469 e. The van der Waals surface area contributed by atoms with E-state index < -0.39 is 0 Å². The van der Waals surface area contributed by atoms with Crippen LogP contribution in [0.4, 0.5) is 0 Å². The van der Waals surface area contributed by atoms with Crippen LogP contribution in [0.2, 0.25) is 0 Å². The first-order valence-electron chi connectivity index (χ1n) is 7.23. The third-order valence-electron chi connectivity index (χ3n) is 3.50. The minimum atomic E-state index is 0.129. The van der Waals surface area contributed by atoms with Gasteiger partial charge >= 0.3 is 0 Å². The molecule has 2 rings (SSSR count). The molecule has 1 unspecified atom stereocenters. The fourth-order valence-electron chi connectivity index (χ4n) is 2.46. The molecule has 0 bridgehead atoms. The number of carbonyl (C=O) groups is 1. The lowest BCUT2D eigenvalue weighted by atomic mass is 9.93. The third kappa shape index (κ3) is 4.10. The van der Waals surface area contributed by atoms with Crippen molar-refractivity contribution in [3.63, 3.8) is 0 Å². The third-order valence-corrected chi connectivity index (χ3v) is 3.50. The summed E-state index contributed by atoms with van der Waals surface area (Å²) in [5.74, 6) is 1.74. The molecule has 0 saturated heterocycles. The van der Waals surface area contributed by atoms with Crippen molar-refractivity contribution in [3.8, 4) is 0 Å². The summed E-state index contributed by atoms with van der Waals surface area (Å²) in [4.78, 5) is 11.6. The second kappa shape index (κ2) is 6.75. The van der Waals surface area contributed by atoms with E-state index in [1.54, 1.807) is 6.26 Å². The molecule has 0 radical (unpaired) electrons. The predicted octanol–water partition coefficient (Wildman–Crippen LogP) is 2.41. The number of rotatable bonds is 6. The van der Waals surface area contributed by atoms with Crippen LogP contribution in [-0.4, -0.2) is 19.0 Å². The normalized spacial score (nSPS) is 18.4. The van der Waals surface area contributed by atoms with Gasteiger partial charge in [0.25, 0.3) is 0 Å². The molecule has 2 N–H and O–H groups in total. The number of hydrogen-bond acceptors (Lipinski definition) is 3. The summed E-state index contributed by atoms with van der Waals surface area (Å²) in [7, 11) is 0. The molecule has 1 heterocycles. The molecule has 0 fully saturated rings. The van der Waals surface area contributed by atoms with Crippen LogP contribution >= 0.6 is 0 Å². The molecule has 0 spiro atoms. The van der Waals surface area contributed by atoms with Crippen LogP contribution in [0.3, 0.4) is 0 Å². The van der Waals surface area contributed by atoms with Gasteiger partial charge in [-0.05, 0) is 24.8 Å². The summed E-state index contributed by atoms with van der Waals surface area (Å²) >= 11 is 0. The molecule has 4 nitrogen and oxygen atoms in total. The highest BCUT2D eigenvalue weighted by Gasteiger charge is 2.21. The van der Waals surface area contributed by atoms with E-state index in [9.17, 15) is 4.79 Å². The Bertz CT molecular complexity index is 412. The maximum Gasteiger partial charge on any atom is 0.221 e. The SMILES string of the molecule is CC(C)CNC(=O)CCNC1CCCc2occc21. The van der Waals surface area contributed by atoms with Crippen LogP contribution in [0.15, 0.2) is 16.7 Å². The van der Waals surface area contributed by atoms with Gasteiger partial charge < -0.3 is 15.1 Å². The van der Waals surface area contributed by atoms with Crippen LogP contribution in [0.25, 0.3) is 0 Å². The minimum absolute atomic E-state index is 0.129. The van der Waals surface area contributed by atoms with Crippen LogP contribution in [-0.2, 0) is 11.2 Å². The first-order chi connectivity index (χ1) is 9.16. The van der Waals surface area contributed by atoms with Gasteiger partial charge in [0.1, 0.15) is 5.76 Å². The van der Waals surface area contributed by atoms with E-state index in [2.05, 4.69) is 24.5 Å². The highest BCUT2D eigenvalue weighted by Crippen LogP contribution is 2.30. The van der Waals surface area contributed by atoms with Gasteiger partial charge in [-0.3, -0.25) is 4.79 Å². The van der Waals surface area contributed by atoms with Gasteiger partial charge in [-0.15, -0.1) is 0 Å². The number of amides is 1. The molecule has 106 valence electrons. The second-order valence-corrected chi connectivity index (χ2v) is 5.65. The van der Waals surface area contributed by atoms with E-state index >= 15 is 0 Å². The summed E-state index contributed by atoms with van der Waals surface area (Å²) in [6, 6.07) is 2.39. The maximum atomic E-state index is 11.6. The van der Waals surface area contributed by atoms with Crippen LogP contribution < -0.4 is 10.6 Å². The molecule has 4 heteroatoms. The molecule has 1 aliphatic rings. The Morgan fingerprint density at radius 1 is 1.53 bits per heavy atom. The van der Waals surface area contributed by atoms with Crippen molar-refractivity contribution in [1.82, 2.24) is 10.6 Å². The van der Waals surface area contributed by atoms with Crippen molar-refractivity contribution in [2.24, 2.45) is 5.92 Å². The van der Waals surface area contributed by atoms with Crippen molar-refractivity contribution in [2.75, 3.05) is 13.1 Å². The number of fused-ring (bicyclic) bond motifs is 1. The average Bonchev–Trinajstić information content (AvgIpc) is 2.85. The van der Waals surface area contributed by atoms with E-state index in [1.807, 2.05) is 6.07 Å². The van der Waals surface area contributed by atoms with Gasteiger partial charge in [-0.2, -0.15) is 0 Å². The Labute approximate surface area is 114 Å². The summed E-state index contributed by atoms with van der Waals surface area (Å²) in [6.45, 7) is 5.68. The lowest BCUT2D eigenvalue weighted by Gasteiger charge is -2.22. The molecule has 1 aromatic heterocycles. The van der Waals surface area contributed by atoms with Gasteiger partial charge in [0.2, 0.25) is 5.91 Å². The highest BCUT2D eigenvalue weighted by molar-refractivity contribution is 5.76. The fourth-order valence-corrected chi connectivity index (χ4v) is 2.46. The summed E-state index contributed by atoms with van der Waals surface area (Å²) in [5.41, 5.74) is 1.27. The zero-order chi connectivity index (χ0) is 13.7. The zero-order valence-electron chi connectivity index (χ0n) is 11.9. The molecular formula is C15H24N2O2. The number of aryl methyl sites for hydroxylation is 1. The molecule has 1 amide bonds. The predicted molar refractivity (Wildman–Crippen MR) is 74.9 cm³/mol. The topological polar surface area (TPSA) is 54.3 Å². The number of hydrogen-bond donors (Lipinski definition) is 2. The molecule has 19 heavy (non-hydrogen) atoms. The van der Waals surface area contributed by atoms with E-state index in [0.29, 0.717) is 18.4 Å². The molecule has 0 aromatic carbocycles. The molecule has 0 saturated carbocycles. The Morgan fingerprint density at radius 2 is 2.37 bits per heavy atom. The van der Waals surface area contributed by atoms with Crippen molar-refractivity contribution in [2.45, 2.75) is 45.6 Å². The van der Waals surface area contributed by atoms with Gasteiger partial charge in [0.15, 0.2) is 0 Å². The van der Waals surface area contributed by atoms with Gasteiger partial charge in [-0.1, -0.05) is 13.8 Å². The fraction of sp³-hybridized carbons (Fsp3) is 0.667. The summed E-state index contributed by atoms with van der Waals surface area (Å²) in [6.07, 6.45) is 5.61. The Hall–Kier alpha value is -1.29. The maximum absolute atomic E-state index is 11.6. The number of furan rings is 1. The highest BCUT2D eigenvalue weighted by atomic mass is 16.3. The first kappa shape index (κ1) is 14.1. The van der Waals surface area contributed by atoms with Crippen molar-refractivity contribution in [1.29, 1.82) is 0 Å². The standard InChI is InChI=1S/C15H24N2O2/c1-11(2)10-17-15(18)6-8-16-13-4-3-5-14-12(13)7-9-19-14/h7,9,11,13,16H,3-6,8,10H2,1-2H3,(H,17,18). The summed E-state index contributed by atoms with van der Waals surface area (Å²) in [5, 5.41) is 6.40. The second-order valence-electron chi connectivity index (χ2n) is 5.65. The lowest BCUT2D eigenvalue weighted by Crippen LogP contribution is -2.32. The van der Waals surface area contributed by atoms with Crippen LogP contribution in [0.1, 0.15) is 50.5 Å². The van der Waals surface area contributed by atoms with E-state index in [4.69, 9.17) is 4.42 Å². The van der Waals surface area contributed by atoms with E-state index in [1.165, 1.54) is 5.56 Å². The van der Waals surface area contributed by atoms with Crippen LogP contribution in [0, 0.1) is 5.92 Å². The van der Waals surface area contributed by atoms with Crippen LogP contribution in [0.5, 0.6) is 0 Å². The van der Waals surface area contributed by atoms with Gasteiger partial charge in [0.05, 0.1) is 6.26 Å². The Morgan fingerprint density at radius 3 is 3.16 bits per heavy atom. The molecule has 0 aliphatic heterocycles.